The molecule has 0 aliphatic heterocycles. The molecule has 0 bridgehead atoms. The van der Waals surface area contributed by atoms with Gasteiger partial charge in [-0.3, -0.25) is 0 Å². The highest BCUT2D eigenvalue weighted by Crippen LogP contribution is 2.42. The number of nitrogens with two attached hydrogens (primary N) is 1. The molecule has 0 heterocycles. The Balaban J connectivity index is 2.42. The van der Waals surface area contributed by atoms with Gasteiger partial charge in [0.2, 0.25) is 0 Å². The molecular weight excluding hydrogens is 266 g/mol. The lowest BCUT2D eigenvalue weighted by atomic mass is 9.77. The monoisotopic (exact) mass is 285 g/mol. The summed E-state index contributed by atoms with van der Waals surface area (Å²) in [5.74, 6) is 0.757. The zero-order valence-corrected chi connectivity index (χ0v) is 12.5. The number of benzene rings is 1. The van der Waals surface area contributed by atoms with Gasteiger partial charge in [-0.1, -0.05) is 30.9 Å². The van der Waals surface area contributed by atoms with Crippen LogP contribution in [0, 0.1) is 0 Å². The minimum atomic E-state index is -0.210. The molecule has 0 spiro atoms. The minimum Gasteiger partial charge on any atom is -0.494 e. The lowest BCUT2D eigenvalue weighted by Gasteiger charge is -2.34. The van der Waals surface area contributed by atoms with Crippen LogP contribution in [0.25, 0.3) is 0 Å². The average molecular weight is 286 g/mol. The van der Waals surface area contributed by atoms with E-state index in [1.807, 2.05) is 12.3 Å². The Morgan fingerprint density at radius 2 is 1.94 bits per heavy atom. The van der Waals surface area contributed by atoms with E-state index in [1.54, 1.807) is 18.9 Å². The van der Waals surface area contributed by atoms with E-state index in [0.29, 0.717) is 5.02 Å². The zero-order valence-electron chi connectivity index (χ0n) is 11.0. The molecule has 1 aliphatic carbocycles. The molecular formula is C14H20ClNOS. The van der Waals surface area contributed by atoms with Crippen molar-refractivity contribution in [2.24, 2.45) is 5.73 Å². The Morgan fingerprint density at radius 1 is 1.28 bits per heavy atom. The molecule has 0 radical (unpaired) electrons. The summed E-state index contributed by atoms with van der Waals surface area (Å²) in [4.78, 5) is 1.07. The number of methoxy groups -OCH3 is 1. The Labute approximate surface area is 118 Å². The fourth-order valence-electron chi connectivity index (χ4n) is 2.68. The van der Waals surface area contributed by atoms with E-state index >= 15 is 0 Å². The van der Waals surface area contributed by atoms with Crippen LogP contribution in [0.1, 0.15) is 37.7 Å². The molecule has 0 saturated heterocycles. The van der Waals surface area contributed by atoms with Crippen LogP contribution < -0.4 is 10.5 Å². The maximum atomic E-state index is 6.56. The Bertz CT molecular complexity index is 430. The molecule has 100 valence electrons. The molecule has 18 heavy (non-hydrogen) atoms. The first-order valence-corrected chi connectivity index (χ1v) is 7.92. The molecule has 1 fully saturated rings. The summed E-state index contributed by atoms with van der Waals surface area (Å²) in [6.45, 7) is 0. The van der Waals surface area contributed by atoms with Crippen molar-refractivity contribution in [3.8, 4) is 5.75 Å². The quantitative estimate of drug-likeness (QED) is 0.846. The molecule has 1 saturated carbocycles. The minimum absolute atomic E-state index is 0.210. The topological polar surface area (TPSA) is 35.2 Å². The van der Waals surface area contributed by atoms with E-state index in [1.165, 1.54) is 19.3 Å². The molecule has 2 rings (SSSR count). The van der Waals surface area contributed by atoms with Gasteiger partial charge in [0.15, 0.2) is 5.75 Å². The second kappa shape index (κ2) is 5.72. The van der Waals surface area contributed by atoms with Gasteiger partial charge >= 0.3 is 0 Å². The Morgan fingerprint density at radius 3 is 2.50 bits per heavy atom. The van der Waals surface area contributed by atoms with E-state index in [2.05, 4.69) is 6.07 Å². The van der Waals surface area contributed by atoms with E-state index < -0.39 is 0 Å². The van der Waals surface area contributed by atoms with Gasteiger partial charge in [0.25, 0.3) is 0 Å². The van der Waals surface area contributed by atoms with Crippen molar-refractivity contribution in [1.82, 2.24) is 0 Å². The second-order valence-corrected chi connectivity index (χ2v) is 6.17. The van der Waals surface area contributed by atoms with Crippen LogP contribution >= 0.6 is 23.4 Å². The Hall–Kier alpha value is -0.380. The van der Waals surface area contributed by atoms with Crippen LogP contribution in [0.5, 0.6) is 5.75 Å². The number of hydrogen-bond donors (Lipinski definition) is 1. The molecule has 0 aromatic heterocycles. The highest BCUT2D eigenvalue weighted by molar-refractivity contribution is 7.98. The van der Waals surface area contributed by atoms with Gasteiger partial charge in [0, 0.05) is 5.54 Å². The van der Waals surface area contributed by atoms with Crippen molar-refractivity contribution in [3.05, 3.63) is 22.7 Å². The average Bonchev–Trinajstić information content (AvgIpc) is 2.38. The maximum Gasteiger partial charge on any atom is 0.150 e. The van der Waals surface area contributed by atoms with Crippen LogP contribution in [-0.2, 0) is 5.54 Å². The van der Waals surface area contributed by atoms with Gasteiger partial charge in [-0.2, -0.15) is 0 Å². The van der Waals surface area contributed by atoms with Gasteiger partial charge in [0.05, 0.1) is 17.0 Å². The summed E-state index contributed by atoms with van der Waals surface area (Å²) in [5, 5.41) is 0.662. The SMILES string of the molecule is COc1c(Cl)cc(C2(N)CCCCC2)cc1SC. The van der Waals surface area contributed by atoms with Gasteiger partial charge in [-0.15, -0.1) is 11.8 Å². The third-order valence-corrected chi connectivity index (χ3v) is 4.78. The van der Waals surface area contributed by atoms with Crippen LogP contribution in [0.4, 0.5) is 0 Å². The standard InChI is InChI=1S/C14H20ClNOS/c1-17-13-11(15)8-10(9-12(13)18-2)14(16)6-4-3-5-7-14/h8-9H,3-7,16H2,1-2H3. The van der Waals surface area contributed by atoms with Crippen molar-refractivity contribution in [3.63, 3.8) is 0 Å². The highest BCUT2D eigenvalue weighted by atomic mass is 35.5. The number of rotatable bonds is 3. The second-order valence-electron chi connectivity index (χ2n) is 4.91. The third-order valence-electron chi connectivity index (χ3n) is 3.75. The van der Waals surface area contributed by atoms with E-state index in [0.717, 1.165) is 29.1 Å². The lowest BCUT2D eigenvalue weighted by molar-refractivity contribution is 0.301. The fourth-order valence-corrected chi connectivity index (χ4v) is 3.65. The van der Waals surface area contributed by atoms with Crippen molar-refractivity contribution in [1.29, 1.82) is 0 Å². The fraction of sp³-hybridized carbons (Fsp3) is 0.571. The first-order valence-electron chi connectivity index (χ1n) is 6.31. The van der Waals surface area contributed by atoms with Crippen molar-refractivity contribution < 1.29 is 4.74 Å². The zero-order chi connectivity index (χ0) is 13.2. The molecule has 1 aliphatic rings. The number of ether oxygens (including phenoxy) is 1. The first kappa shape index (κ1) is 14.0. The molecule has 0 unspecified atom stereocenters. The highest BCUT2D eigenvalue weighted by Gasteiger charge is 2.30. The van der Waals surface area contributed by atoms with Crippen LogP contribution in [0.2, 0.25) is 5.02 Å². The van der Waals surface area contributed by atoms with Crippen molar-refractivity contribution in [2.75, 3.05) is 13.4 Å². The number of hydrogen-bond acceptors (Lipinski definition) is 3. The molecule has 2 N–H and O–H groups in total. The Kier molecular flexibility index (Phi) is 4.46. The van der Waals surface area contributed by atoms with Crippen molar-refractivity contribution >= 4 is 23.4 Å². The largest absolute Gasteiger partial charge is 0.494 e. The van der Waals surface area contributed by atoms with E-state index in [9.17, 15) is 0 Å². The molecule has 2 nitrogen and oxygen atoms in total. The predicted molar refractivity (Wildman–Crippen MR) is 78.7 cm³/mol. The van der Waals surface area contributed by atoms with Crippen LogP contribution in [0.3, 0.4) is 0 Å². The van der Waals surface area contributed by atoms with Gasteiger partial charge in [-0.05, 0) is 36.8 Å². The molecule has 0 amide bonds. The third kappa shape index (κ3) is 2.63. The first-order chi connectivity index (χ1) is 8.60. The molecule has 4 heteroatoms. The predicted octanol–water partition coefficient (Wildman–Crippen LogP) is 4.19. The van der Waals surface area contributed by atoms with Crippen LogP contribution in [-0.4, -0.2) is 13.4 Å². The van der Waals surface area contributed by atoms with Gasteiger partial charge in [-0.25, -0.2) is 0 Å². The summed E-state index contributed by atoms with van der Waals surface area (Å²) >= 11 is 7.95. The number of halogens is 1. The van der Waals surface area contributed by atoms with Gasteiger partial charge < -0.3 is 10.5 Å². The molecule has 0 atom stereocenters. The number of thioether (sulfide) groups is 1. The summed E-state index contributed by atoms with van der Waals surface area (Å²) < 4.78 is 5.35. The maximum absolute atomic E-state index is 6.56. The molecule has 1 aromatic carbocycles. The summed E-state index contributed by atoms with van der Waals surface area (Å²) in [7, 11) is 1.65. The lowest BCUT2D eigenvalue weighted by Crippen LogP contribution is -2.38. The van der Waals surface area contributed by atoms with E-state index in [4.69, 9.17) is 22.1 Å². The smallest absolute Gasteiger partial charge is 0.150 e. The summed E-state index contributed by atoms with van der Waals surface area (Å²) in [6, 6.07) is 4.12. The summed E-state index contributed by atoms with van der Waals surface area (Å²) in [5.41, 5.74) is 7.50. The van der Waals surface area contributed by atoms with Crippen molar-refractivity contribution in [2.45, 2.75) is 42.5 Å². The summed E-state index contributed by atoms with van der Waals surface area (Å²) in [6.07, 6.45) is 7.82. The van der Waals surface area contributed by atoms with Gasteiger partial charge in [0.1, 0.15) is 0 Å². The normalized spacial score (nSPS) is 18.7. The molecule has 1 aromatic rings. The van der Waals surface area contributed by atoms with E-state index in [-0.39, 0.29) is 5.54 Å². The van der Waals surface area contributed by atoms with Crippen LogP contribution in [0.15, 0.2) is 17.0 Å².